The average molecular weight is 453 g/mol. The number of carbonyl (C=O) groups is 2. The molecule has 1 fully saturated rings. The van der Waals surface area contributed by atoms with Gasteiger partial charge in [-0.3, -0.25) is 9.59 Å². The average Bonchev–Trinajstić information content (AvgIpc) is 3.48. The maximum Gasteiger partial charge on any atom is 0.260 e. The Bertz CT molecular complexity index is 1330. The maximum atomic E-state index is 13.0. The van der Waals surface area contributed by atoms with Crippen LogP contribution in [0.5, 0.6) is 0 Å². The highest BCUT2D eigenvalue weighted by molar-refractivity contribution is 5.99. The van der Waals surface area contributed by atoms with E-state index in [2.05, 4.69) is 15.5 Å². The maximum absolute atomic E-state index is 13.0. The van der Waals surface area contributed by atoms with Gasteiger partial charge in [-0.2, -0.15) is 4.98 Å². The van der Waals surface area contributed by atoms with Gasteiger partial charge in [0.05, 0.1) is 17.2 Å². The third-order valence-electron chi connectivity index (χ3n) is 5.92. The van der Waals surface area contributed by atoms with Gasteiger partial charge in [0.2, 0.25) is 17.6 Å². The quantitative estimate of drug-likeness (QED) is 0.458. The van der Waals surface area contributed by atoms with E-state index in [9.17, 15) is 9.59 Å². The molecule has 2 amide bonds. The molecular formula is C27H24N4O3. The number of carbonyl (C=O) groups excluding carboxylic acids is 2. The van der Waals surface area contributed by atoms with Crippen LogP contribution < -0.4 is 5.32 Å². The molecule has 0 saturated carbocycles. The highest BCUT2D eigenvalue weighted by Crippen LogP contribution is 2.30. The van der Waals surface area contributed by atoms with Crippen molar-refractivity contribution in [2.45, 2.75) is 19.9 Å². The van der Waals surface area contributed by atoms with Gasteiger partial charge in [0.15, 0.2) is 0 Å². The SMILES string of the molecule is Cc1cccc(-c2noc(-c3ccccc3NC(=O)[C@H]3CC(=O)N(Cc4ccccc4)C3)n2)c1. The van der Waals surface area contributed by atoms with Crippen molar-refractivity contribution >= 4 is 17.5 Å². The van der Waals surface area contributed by atoms with Crippen LogP contribution in [0.3, 0.4) is 0 Å². The Morgan fingerprint density at radius 2 is 1.85 bits per heavy atom. The summed E-state index contributed by atoms with van der Waals surface area (Å²) in [5.74, 6) is 0.167. The summed E-state index contributed by atoms with van der Waals surface area (Å²) >= 11 is 0. The molecule has 0 spiro atoms. The molecule has 1 aliphatic rings. The van der Waals surface area contributed by atoms with Crippen molar-refractivity contribution in [3.05, 3.63) is 90.0 Å². The molecule has 34 heavy (non-hydrogen) atoms. The summed E-state index contributed by atoms with van der Waals surface area (Å²) in [6.07, 6.45) is 0.193. The first-order chi connectivity index (χ1) is 16.6. The van der Waals surface area contributed by atoms with Crippen LogP contribution in [-0.4, -0.2) is 33.4 Å². The van der Waals surface area contributed by atoms with E-state index in [-0.39, 0.29) is 18.2 Å². The highest BCUT2D eigenvalue weighted by atomic mass is 16.5. The van der Waals surface area contributed by atoms with E-state index in [1.54, 1.807) is 11.0 Å². The first-order valence-corrected chi connectivity index (χ1v) is 11.2. The molecule has 7 nitrogen and oxygen atoms in total. The normalized spacial score (nSPS) is 15.5. The Labute approximate surface area is 197 Å². The lowest BCUT2D eigenvalue weighted by atomic mass is 10.1. The fraction of sp³-hybridized carbons (Fsp3) is 0.185. The van der Waals surface area contributed by atoms with E-state index in [0.29, 0.717) is 36.1 Å². The minimum atomic E-state index is -0.421. The third kappa shape index (κ3) is 4.59. The molecule has 3 aromatic carbocycles. The number of likely N-dealkylation sites (tertiary alicyclic amines) is 1. The first kappa shape index (κ1) is 21.6. The summed E-state index contributed by atoms with van der Waals surface area (Å²) in [6.45, 7) is 2.90. The summed E-state index contributed by atoms with van der Waals surface area (Å²) < 4.78 is 5.52. The van der Waals surface area contributed by atoms with Crippen molar-refractivity contribution in [1.29, 1.82) is 0 Å². The van der Waals surface area contributed by atoms with E-state index < -0.39 is 5.92 Å². The molecule has 7 heteroatoms. The van der Waals surface area contributed by atoms with E-state index >= 15 is 0 Å². The Kier molecular flexibility index (Phi) is 5.91. The standard InChI is InChI=1S/C27H24N4O3/c1-18-8-7-11-20(14-18)25-29-27(34-30-25)22-12-5-6-13-23(22)28-26(33)21-15-24(32)31(17-21)16-19-9-3-2-4-10-19/h2-14,21H,15-17H2,1H3,(H,28,33)/t21-/m0/s1. The van der Waals surface area contributed by atoms with E-state index in [1.807, 2.05) is 79.7 Å². The molecular weight excluding hydrogens is 428 g/mol. The fourth-order valence-corrected chi connectivity index (χ4v) is 4.15. The van der Waals surface area contributed by atoms with Gasteiger partial charge in [0, 0.05) is 25.1 Å². The first-order valence-electron chi connectivity index (χ1n) is 11.2. The minimum Gasteiger partial charge on any atom is -0.338 e. The van der Waals surface area contributed by atoms with Crippen LogP contribution in [0.2, 0.25) is 0 Å². The second kappa shape index (κ2) is 9.31. The van der Waals surface area contributed by atoms with Crippen molar-refractivity contribution in [2.75, 3.05) is 11.9 Å². The summed E-state index contributed by atoms with van der Waals surface area (Å²) in [6, 6.07) is 24.9. The molecule has 0 radical (unpaired) electrons. The zero-order valence-electron chi connectivity index (χ0n) is 18.8. The van der Waals surface area contributed by atoms with Crippen LogP contribution in [0.15, 0.2) is 83.4 Å². The van der Waals surface area contributed by atoms with Crippen molar-refractivity contribution in [3.8, 4) is 22.8 Å². The second-order valence-electron chi connectivity index (χ2n) is 8.49. The van der Waals surface area contributed by atoms with Crippen LogP contribution in [0.1, 0.15) is 17.5 Å². The van der Waals surface area contributed by atoms with Gasteiger partial charge in [0.1, 0.15) is 0 Å². The van der Waals surface area contributed by atoms with Gasteiger partial charge in [-0.05, 0) is 30.7 Å². The number of nitrogens with one attached hydrogen (secondary N) is 1. The molecule has 1 N–H and O–H groups in total. The van der Waals surface area contributed by atoms with E-state index in [0.717, 1.165) is 16.7 Å². The Balaban J connectivity index is 1.31. The molecule has 1 aliphatic heterocycles. The third-order valence-corrected chi connectivity index (χ3v) is 5.92. The second-order valence-corrected chi connectivity index (χ2v) is 8.49. The monoisotopic (exact) mass is 452 g/mol. The molecule has 0 bridgehead atoms. The number of nitrogens with zero attached hydrogens (tertiary/aromatic N) is 3. The molecule has 1 aromatic heterocycles. The van der Waals surface area contributed by atoms with Crippen LogP contribution in [0.4, 0.5) is 5.69 Å². The van der Waals surface area contributed by atoms with Crippen LogP contribution in [-0.2, 0) is 16.1 Å². The van der Waals surface area contributed by atoms with Crippen molar-refractivity contribution < 1.29 is 14.1 Å². The van der Waals surface area contributed by atoms with Crippen molar-refractivity contribution in [2.24, 2.45) is 5.92 Å². The molecule has 1 saturated heterocycles. The summed E-state index contributed by atoms with van der Waals surface area (Å²) in [4.78, 5) is 31.8. The van der Waals surface area contributed by atoms with Gasteiger partial charge in [-0.1, -0.05) is 71.4 Å². The van der Waals surface area contributed by atoms with Crippen molar-refractivity contribution in [1.82, 2.24) is 15.0 Å². The van der Waals surface area contributed by atoms with Crippen molar-refractivity contribution in [3.63, 3.8) is 0 Å². The number of aryl methyl sites for hydroxylation is 1. The molecule has 5 rings (SSSR count). The highest BCUT2D eigenvalue weighted by Gasteiger charge is 2.34. The number of para-hydroxylation sites is 1. The number of amides is 2. The van der Waals surface area contributed by atoms with E-state index in [4.69, 9.17) is 4.52 Å². The smallest absolute Gasteiger partial charge is 0.260 e. The van der Waals surface area contributed by atoms with Crippen LogP contribution in [0.25, 0.3) is 22.8 Å². The van der Waals surface area contributed by atoms with E-state index in [1.165, 1.54) is 0 Å². The number of benzene rings is 3. The lowest BCUT2D eigenvalue weighted by Crippen LogP contribution is -2.28. The zero-order valence-corrected chi connectivity index (χ0v) is 18.8. The Morgan fingerprint density at radius 1 is 1.06 bits per heavy atom. The lowest BCUT2D eigenvalue weighted by Gasteiger charge is -2.17. The largest absolute Gasteiger partial charge is 0.338 e. The summed E-state index contributed by atoms with van der Waals surface area (Å²) in [5, 5.41) is 7.08. The predicted molar refractivity (Wildman–Crippen MR) is 129 cm³/mol. The van der Waals surface area contributed by atoms with Crippen LogP contribution in [0, 0.1) is 12.8 Å². The van der Waals surface area contributed by atoms with Gasteiger partial charge in [-0.25, -0.2) is 0 Å². The molecule has 0 unspecified atom stereocenters. The number of aromatic nitrogens is 2. The number of rotatable bonds is 6. The van der Waals surface area contributed by atoms with Gasteiger partial charge < -0.3 is 14.7 Å². The van der Waals surface area contributed by atoms with Gasteiger partial charge in [-0.15, -0.1) is 0 Å². The van der Waals surface area contributed by atoms with Crippen LogP contribution >= 0.6 is 0 Å². The van der Waals surface area contributed by atoms with Gasteiger partial charge in [0.25, 0.3) is 5.89 Å². The fourth-order valence-electron chi connectivity index (χ4n) is 4.15. The Morgan fingerprint density at radius 3 is 2.68 bits per heavy atom. The predicted octanol–water partition coefficient (Wildman–Crippen LogP) is 4.70. The minimum absolute atomic E-state index is 0.0167. The summed E-state index contributed by atoms with van der Waals surface area (Å²) in [5.41, 5.74) is 4.21. The molecule has 4 aromatic rings. The number of hydrogen-bond donors (Lipinski definition) is 1. The zero-order chi connectivity index (χ0) is 23.5. The molecule has 0 aliphatic carbocycles. The van der Waals surface area contributed by atoms with Gasteiger partial charge >= 0.3 is 0 Å². The lowest BCUT2D eigenvalue weighted by molar-refractivity contribution is -0.128. The topological polar surface area (TPSA) is 88.3 Å². The molecule has 170 valence electrons. The Hall–Kier alpha value is -4.26. The summed E-state index contributed by atoms with van der Waals surface area (Å²) in [7, 11) is 0. The number of hydrogen-bond acceptors (Lipinski definition) is 5. The molecule has 2 heterocycles. The molecule has 1 atom stereocenters. The number of anilines is 1.